The van der Waals surface area contributed by atoms with Crippen LogP contribution in [0.2, 0.25) is 0 Å². The summed E-state index contributed by atoms with van der Waals surface area (Å²) < 4.78 is 22.9. The third kappa shape index (κ3) is 3.16. The summed E-state index contributed by atoms with van der Waals surface area (Å²) in [5, 5.41) is 0. The van der Waals surface area contributed by atoms with Crippen molar-refractivity contribution in [2.24, 2.45) is 5.92 Å². The van der Waals surface area contributed by atoms with E-state index >= 15 is 0 Å². The zero-order valence-electron chi connectivity index (χ0n) is 14.9. The molecule has 140 valence electrons. The van der Waals surface area contributed by atoms with Crippen molar-refractivity contribution in [1.29, 1.82) is 0 Å². The second-order valence-corrected chi connectivity index (χ2v) is 8.00. The molecule has 6 heteroatoms. The molecule has 1 aromatic rings. The van der Waals surface area contributed by atoms with Gasteiger partial charge >= 0.3 is 0 Å². The smallest absolute Gasteiger partial charge is 0.254 e. The summed E-state index contributed by atoms with van der Waals surface area (Å²) in [5.74, 6) is 2.15. The summed E-state index contributed by atoms with van der Waals surface area (Å²) in [4.78, 5) is 14.9. The van der Waals surface area contributed by atoms with Crippen molar-refractivity contribution in [2.75, 3.05) is 33.1 Å². The Kier molecular flexibility index (Phi) is 4.05. The number of carbonyl (C=O) groups is 1. The number of fused-ring (bicyclic) bond motifs is 1. The van der Waals surface area contributed by atoms with Gasteiger partial charge in [-0.15, -0.1) is 0 Å². The Balaban J connectivity index is 1.24. The van der Waals surface area contributed by atoms with Crippen LogP contribution in [-0.4, -0.2) is 55.6 Å². The number of likely N-dealkylation sites (tertiary alicyclic amines) is 1. The first-order chi connectivity index (χ1) is 12.7. The van der Waals surface area contributed by atoms with Crippen LogP contribution < -0.4 is 9.47 Å². The minimum absolute atomic E-state index is 0.0355. The summed E-state index contributed by atoms with van der Waals surface area (Å²) >= 11 is 0. The maximum Gasteiger partial charge on any atom is 0.254 e. The van der Waals surface area contributed by atoms with Gasteiger partial charge in [0.2, 0.25) is 6.79 Å². The lowest BCUT2D eigenvalue weighted by molar-refractivity contribution is -0.0465. The molecule has 3 fully saturated rings. The lowest BCUT2D eigenvalue weighted by Gasteiger charge is -2.39. The number of hydrogen-bond donors (Lipinski definition) is 0. The topological polar surface area (TPSA) is 57.2 Å². The minimum Gasteiger partial charge on any atom is -0.454 e. The number of piperidine rings is 1. The van der Waals surface area contributed by atoms with Crippen molar-refractivity contribution < 1.29 is 23.7 Å². The van der Waals surface area contributed by atoms with Gasteiger partial charge in [0.1, 0.15) is 0 Å². The van der Waals surface area contributed by atoms with Gasteiger partial charge in [0.15, 0.2) is 11.5 Å². The van der Waals surface area contributed by atoms with E-state index < -0.39 is 0 Å². The number of ether oxygens (including phenoxy) is 4. The number of carbonyl (C=O) groups excluding carboxylic acids is 1. The van der Waals surface area contributed by atoms with E-state index in [4.69, 9.17) is 18.9 Å². The van der Waals surface area contributed by atoms with Gasteiger partial charge in [0, 0.05) is 25.1 Å². The Morgan fingerprint density at radius 3 is 3.04 bits per heavy atom. The maximum absolute atomic E-state index is 13.0. The summed E-state index contributed by atoms with van der Waals surface area (Å²) in [6.07, 6.45) is 5.64. The fourth-order valence-electron chi connectivity index (χ4n) is 4.23. The molecule has 2 atom stereocenters. The van der Waals surface area contributed by atoms with Gasteiger partial charge < -0.3 is 23.8 Å². The largest absolute Gasteiger partial charge is 0.454 e. The SMILES string of the molecule is O=C(c1ccc2c(c1)OCO2)N1CCC[C@]2(C[C@H](OCC3CC3)CO2)C1. The minimum atomic E-state index is -0.238. The van der Waals surface area contributed by atoms with Gasteiger partial charge in [0.25, 0.3) is 5.91 Å². The van der Waals surface area contributed by atoms with Crippen LogP contribution in [0.3, 0.4) is 0 Å². The Bertz CT molecular complexity index is 703. The lowest BCUT2D eigenvalue weighted by Crippen LogP contribution is -2.50. The molecule has 0 unspecified atom stereocenters. The number of amides is 1. The second-order valence-electron chi connectivity index (χ2n) is 8.00. The van der Waals surface area contributed by atoms with E-state index in [0.29, 0.717) is 30.2 Å². The van der Waals surface area contributed by atoms with E-state index in [2.05, 4.69) is 0 Å². The molecule has 1 spiro atoms. The van der Waals surface area contributed by atoms with Crippen LogP contribution in [0.25, 0.3) is 0 Å². The van der Waals surface area contributed by atoms with E-state index in [1.54, 1.807) is 6.07 Å². The molecule has 3 heterocycles. The fraction of sp³-hybridized carbons (Fsp3) is 0.650. The second kappa shape index (κ2) is 6.43. The van der Waals surface area contributed by atoms with E-state index in [-0.39, 0.29) is 24.4 Å². The molecular formula is C20H25NO5. The average molecular weight is 359 g/mol. The molecule has 2 saturated heterocycles. The van der Waals surface area contributed by atoms with Crippen LogP contribution >= 0.6 is 0 Å². The van der Waals surface area contributed by atoms with Crippen molar-refractivity contribution in [3.8, 4) is 11.5 Å². The third-order valence-electron chi connectivity index (χ3n) is 5.89. The Labute approximate surface area is 153 Å². The Hall–Kier alpha value is -1.79. The average Bonchev–Trinajstić information content (AvgIpc) is 3.24. The van der Waals surface area contributed by atoms with Gasteiger partial charge in [-0.05, 0) is 49.8 Å². The van der Waals surface area contributed by atoms with Crippen molar-refractivity contribution in [3.05, 3.63) is 23.8 Å². The fourth-order valence-corrected chi connectivity index (χ4v) is 4.23. The summed E-state index contributed by atoms with van der Waals surface area (Å²) in [5.41, 5.74) is 0.407. The quantitative estimate of drug-likeness (QED) is 0.827. The van der Waals surface area contributed by atoms with Crippen LogP contribution in [0.5, 0.6) is 11.5 Å². The highest BCUT2D eigenvalue weighted by molar-refractivity contribution is 5.95. The molecule has 4 aliphatic rings. The van der Waals surface area contributed by atoms with Crippen molar-refractivity contribution in [2.45, 2.75) is 43.8 Å². The van der Waals surface area contributed by atoms with E-state index in [1.165, 1.54) is 12.8 Å². The molecule has 3 aliphatic heterocycles. The molecule has 1 aliphatic carbocycles. The highest BCUT2D eigenvalue weighted by atomic mass is 16.7. The number of hydrogen-bond acceptors (Lipinski definition) is 5. The molecular weight excluding hydrogens is 334 g/mol. The van der Waals surface area contributed by atoms with Gasteiger partial charge in [-0.3, -0.25) is 4.79 Å². The van der Waals surface area contributed by atoms with Crippen LogP contribution in [-0.2, 0) is 9.47 Å². The first-order valence-corrected chi connectivity index (χ1v) is 9.65. The van der Waals surface area contributed by atoms with Gasteiger partial charge in [-0.2, -0.15) is 0 Å². The van der Waals surface area contributed by atoms with Gasteiger partial charge in [-0.1, -0.05) is 0 Å². The number of nitrogens with zero attached hydrogens (tertiary/aromatic N) is 1. The lowest BCUT2D eigenvalue weighted by atomic mass is 9.89. The zero-order valence-corrected chi connectivity index (χ0v) is 14.9. The summed E-state index contributed by atoms with van der Waals surface area (Å²) in [6.45, 7) is 3.15. The number of rotatable bonds is 4. The summed E-state index contributed by atoms with van der Waals surface area (Å²) in [7, 11) is 0. The molecule has 5 rings (SSSR count). The van der Waals surface area contributed by atoms with Crippen LogP contribution in [0.1, 0.15) is 42.5 Å². The van der Waals surface area contributed by atoms with Crippen molar-refractivity contribution in [3.63, 3.8) is 0 Å². The van der Waals surface area contributed by atoms with Gasteiger partial charge in [-0.25, -0.2) is 0 Å². The maximum atomic E-state index is 13.0. The predicted octanol–water partition coefficient (Wildman–Crippen LogP) is 2.61. The first kappa shape index (κ1) is 16.4. The van der Waals surface area contributed by atoms with Gasteiger partial charge in [0.05, 0.1) is 24.9 Å². The molecule has 6 nitrogen and oxygen atoms in total. The van der Waals surface area contributed by atoms with Crippen molar-refractivity contribution in [1.82, 2.24) is 4.90 Å². The van der Waals surface area contributed by atoms with E-state index in [9.17, 15) is 4.79 Å². The summed E-state index contributed by atoms with van der Waals surface area (Å²) in [6, 6.07) is 5.40. The molecule has 1 aromatic carbocycles. The monoisotopic (exact) mass is 359 g/mol. The Morgan fingerprint density at radius 1 is 1.27 bits per heavy atom. The molecule has 0 bridgehead atoms. The third-order valence-corrected chi connectivity index (χ3v) is 5.89. The molecule has 0 aromatic heterocycles. The molecule has 0 radical (unpaired) electrons. The molecule has 0 N–H and O–H groups in total. The molecule has 26 heavy (non-hydrogen) atoms. The molecule has 1 amide bonds. The van der Waals surface area contributed by atoms with Crippen LogP contribution in [0.15, 0.2) is 18.2 Å². The van der Waals surface area contributed by atoms with Crippen LogP contribution in [0, 0.1) is 5.92 Å². The Morgan fingerprint density at radius 2 is 2.15 bits per heavy atom. The zero-order chi connectivity index (χ0) is 17.6. The predicted molar refractivity (Wildman–Crippen MR) is 93.5 cm³/mol. The van der Waals surface area contributed by atoms with E-state index in [1.807, 2.05) is 17.0 Å². The highest BCUT2D eigenvalue weighted by Crippen LogP contribution is 2.38. The van der Waals surface area contributed by atoms with Crippen LogP contribution in [0.4, 0.5) is 0 Å². The number of benzene rings is 1. The van der Waals surface area contributed by atoms with E-state index in [0.717, 1.165) is 38.3 Å². The first-order valence-electron chi connectivity index (χ1n) is 9.65. The molecule has 1 saturated carbocycles. The normalized spacial score (nSPS) is 30.2. The van der Waals surface area contributed by atoms with Crippen molar-refractivity contribution >= 4 is 5.91 Å². The standard InChI is InChI=1S/C20H25NO5/c22-19(15-4-5-17-18(8-15)25-13-24-17)21-7-1-6-20(12-21)9-16(11-26-20)23-10-14-2-3-14/h4-5,8,14,16H,1-3,6-7,9-13H2/t16-,20-/m0/s1. The highest BCUT2D eigenvalue weighted by Gasteiger charge is 2.45.